The first-order valence-corrected chi connectivity index (χ1v) is 11.3. The summed E-state index contributed by atoms with van der Waals surface area (Å²) in [6.07, 6.45) is 6.67. The van der Waals surface area contributed by atoms with E-state index in [9.17, 15) is 4.79 Å². The molecule has 7 heteroatoms. The van der Waals surface area contributed by atoms with Crippen molar-refractivity contribution in [3.8, 4) is 11.4 Å². The lowest BCUT2D eigenvalue weighted by Crippen LogP contribution is -2.43. The lowest BCUT2D eigenvalue weighted by Gasteiger charge is -2.36. The highest BCUT2D eigenvalue weighted by molar-refractivity contribution is 9.11. The van der Waals surface area contributed by atoms with Crippen molar-refractivity contribution in [2.24, 2.45) is 0 Å². The van der Waals surface area contributed by atoms with Crippen molar-refractivity contribution in [3.63, 3.8) is 0 Å². The largest absolute Gasteiger partial charge is 0.490 e. The van der Waals surface area contributed by atoms with E-state index in [0.717, 1.165) is 39.1 Å². The zero-order valence-corrected chi connectivity index (χ0v) is 18.3. The second-order valence-corrected chi connectivity index (χ2v) is 10.3. The number of fused-ring (bicyclic) bond motifs is 3. The quantitative estimate of drug-likeness (QED) is 0.577. The number of piperidine rings is 1. The van der Waals surface area contributed by atoms with E-state index in [4.69, 9.17) is 4.74 Å². The van der Waals surface area contributed by atoms with Gasteiger partial charge in [0, 0.05) is 12.1 Å². The monoisotopic (exact) mass is 459 g/mol. The van der Waals surface area contributed by atoms with E-state index in [1.54, 1.807) is 10.9 Å². The SMILES string of the molecule is Cc1cc(O[C@H]2C[C@H]3CC[C@@H](C2)N3C)ccc1-n1cnc2cc(Br)sc2c1=O. The fourth-order valence-electron chi connectivity index (χ4n) is 4.68. The molecule has 28 heavy (non-hydrogen) atoms. The highest BCUT2D eigenvalue weighted by Crippen LogP contribution is 2.36. The van der Waals surface area contributed by atoms with E-state index in [1.165, 1.54) is 24.2 Å². The maximum atomic E-state index is 12.9. The first-order valence-electron chi connectivity index (χ1n) is 9.66. The van der Waals surface area contributed by atoms with Gasteiger partial charge in [0.1, 0.15) is 22.9 Å². The molecule has 5 nitrogen and oxygen atoms in total. The van der Waals surface area contributed by atoms with Gasteiger partial charge in [0.05, 0.1) is 15.0 Å². The van der Waals surface area contributed by atoms with Crippen LogP contribution in [0.2, 0.25) is 0 Å². The standard InChI is InChI=1S/C21H22BrN3O2S/c1-12-7-15(27-16-8-13-3-4-14(9-16)24(13)2)5-6-18(12)25-11-23-17-10-19(22)28-20(17)21(25)26/h5-7,10-11,13-14,16H,3-4,8-9H2,1-2H3/t13-,14+,16+. The van der Waals surface area contributed by atoms with Gasteiger partial charge in [0.15, 0.2) is 0 Å². The second kappa shape index (κ2) is 6.97. The number of aryl methyl sites for hydroxylation is 1. The Hall–Kier alpha value is -1.70. The van der Waals surface area contributed by atoms with E-state index in [2.05, 4.69) is 32.9 Å². The van der Waals surface area contributed by atoms with Crippen LogP contribution in [0.15, 0.2) is 39.2 Å². The molecular weight excluding hydrogens is 438 g/mol. The van der Waals surface area contributed by atoms with Crippen LogP contribution in [0.25, 0.3) is 15.9 Å². The van der Waals surface area contributed by atoms with Crippen molar-refractivity contribution in [2.75, 3.05) is 7.05 Å². The molecule has 0 saturated carbocycles. The van der Waals surface area contributed by atoms with Crippen molar-refractivity contribution in [3.05, 3.63) is 50.3 Å². The number of benzene rings is 1. The van der Waals surface area contributed by atoms with Gasteiger partial charge in [-0.25, -0.2) is 4.98 Å². The highest BCUT2D eigenvalue weighted by atomic mass is 79.9. The van der Waals surface area contributed by atoms with Crippen LogP contribution in [0, 0.1) is 6.92 Å². The molecular formula is C21H22BrN3O2S. The summed E-state index contributed by atoms with van der Waals surface area (Å²) in [6, 6.07) is 9.17. The Bertz CT molecular complexity index is 1090. The summed E-state index contributed by atoms with van der Waals surface area (Å²) in [4.78, 5) is 19.8. The van der Waals surface area contributed by atoms with Gasteiger partial charge in [-0.15, -0.1) is 11.3 Å². The average molecular weight is 460 g/mol. The highest BCUT2D eigenvalue weighted by Gasteiger charge is 2.39. The molecule has 1 aromatic carbocycles. The molecule has 5 rings (SSSR count). The van der Waals surface area contributed by atoms with E-state index in [1.807, 2.05) is 31.2 Å². The van der Waals surface area contributed by atoms with Crippen LogP contribution in [0.5, 0.6) is 5.75 Å². The van der Waals surface area contributed by atoms with Crippen LogP contribution in [0.1, 0.15) is 31.2 Å². The van der Waals surface area contributed by atoms with Crippen LogP contribution in [-0.4, -0.2) is 39.7 Å². The lowest BCUT2D eigenvalue weighted by atomic mass is 10.0. The van der Waals surface area contributed by atoms with Gasteiger partial charge >= 0.3 is 0 Å². The number of nitrogens with zero attached hydrogens (tertiary/aromatic N) is 3. The fraction of sp³-hybridized carbons (Fsp3) is 0.429. The number of aromatic nitrogens is 2. The molecule has 2 bridgehead atoms. The van der Waals surface area contributed by atoms with Crippen LogP contribution in [0.3, 0.4) is 0 Å². The third-order valence-corrected chi connectivity index (χ3v) is 7.81. The third-order valence-electron chi connectivity index (χ3n) is 6.19. The molecule has 0 radical (unpaired) electrons. The average Bonchev–Trinajstić information content (AvgIpc) is 3.12. The van der Waals surface area contributed by atoms with E-state index < -0.39 is 0 Å². The summed E-state index contributed by atoms with van der Waals surface area (Å²) >= 11 is 4.86. The molecule has 2 fully saturated rings. The van der Waals surface area contributed by atoms with Crippen LogP contribution < -0.4 is 10.3 Å². The molecule has 146 valence electrons. The van der Waals surface area contributed by atoms with Crippen molar-refractivity contribution in [1.82, 2.24) is 14.5 Å². The summed E-state index contributed by atoms with van der Waals surface area (Å²) in [7, 11) is 2.24. The van der Waals surface area contributed by atoms with Gasteiger partial charge in [0.2, 0.25) is 0 Å². The van der Waals surface area contributed by atoms with E-state index in [-0.39, 0.29) is 11.7 Å². The van der Waals surface area contributed by atoms with Gasteiger partial charge in [-0.3, -0.25) is 9.36 Å². The molecule has 0 aliphatic carbocycles. The topological polar surface area (TPSA) is 47.4 Å². The smallest absolute Gasteiger partial charge is 0.275 e. The predicted molar refractivity (Wildman–Crippen MR) is 116 cm³/mol. The van der Waals surface area contributed by atoms with Gasteiger partial charge in [-0.2, -0.15) is 0 Å². The Morgan fingerprint density at radius 2 is 1.96 bits per heavy atom. The predicted octanol–water partition coefficient (Wildman–Crippen LogP) is 4.52. The van der Waals surface area contributed by atoms with Crippen molar-refractivity contribution >= 4 is 37.5 Å². The number of halogens is 1. The van der Waals surface area contributed by atoms with Crippen molar-refractivity contribution in [1.29, 1.82) is 0 Å². The molecule has 4 heterocycles. The summed E-state index contributed by atoms with van der Waals surface area (Å²) in [5.41, 5.74) is 2.55. The van der Waals surface area contributed by atoms with Crippen molar-refractivity contribution in [2.45, 2.75) is 50.8 Å². The molecule has 2 aliphatic rings. The summed E-state index contributed by atoms with van der Waals surface area (Å²) < 4.78 is 9.53. The maximum absolute atomic E-state index is 12.9. The first kappa shape index (κ1) is 18.3. The molecule has 2 aromatic heterocycles. The summed E-state index contributed by atoms with van der Waals surface area (Å²) in [5, 5.41) is 0. The minimum absolute atomic E-state index is 0.0376. The molecule has 0 amide bonds. The second-order valence-electron chi connectivity index (χ2n) is 7.89. The number of hydrogen-bond acceptors (Lipinski definition) is 5. The van der Waals surface area contributed by atoms with E-state index >= 15 is 0 Å². The zero-order chi connectivity index (χ0) is 19.4. The van der Waals surface area contributed by atoms with Gasteiger partial charge in [0.25, 0.3) is 5.56 Å². The number of hydrogen-bond donors (Lipinski definition) is 0. The van der Waals surface area contributed by atoms with E-state index in [0.29, 0.717) is 16.8 Å². The number of thiophene rings is 1. The third kappa shape index (κ3) is 3.09. The van der Waals surface area contributed by atoms with Gasteiger partial charge in [-0.05, 0) is 85.4 Å². The van der Waals surface area contributed by atoms with Gasteiger partial charge in [-0.1, -0.05) is 0 Å². The van der Waals surface area contributed by atoms with Crippen LogP contribution >= 0.6 is 27.3 Å². The number of ether oxygens (including phenoxy) is 1. The lowest BCUT2D eigenvalue weighted by molar-refractivity contribution is 0.0661. The Morgan fingerprint density at radius 3 is 2.68 bits per heavy atom. The normalized spacial score (nSPS) is 24.8. The maximum Gasteiger partial charge on any atom is 0.275 e. The zero-order valence-electron chi connectivity index (χ0n) is 15.9. The Morgan fingerprint density at radius 1 is 1.21 bits per heavy atom. The Kier molecular flexibility index (Phi) is 4.56. The first-order chi connectivity index (χ1) is 13.5. The summed E-state index contributed by atoms with van der Waals surface area (Å²) in [5.74, 6) is 0.885. The molecule has 2 saturated heterocycles. The van der Waals surface area contributed by atoms with Gasteiger partial charge < -0.3 is 9.64 Å². The minimum Gasteiger partial charge on any atom is -0.490 e. The van der Waals surface area contributed by atoms with Crippen molar-refractivity contribution < 1.29 is 4.74 Å². The molecule has 2 aliphatic heterocycles. The molecule has 3 aromatic rings. The molecule has 0 spiro atoms. The minimum atomic E-state index is -0.0376. The fourth-order valence-corrected chi connectivity index (χ4v) is 6.15. The van der Waals surface area contributed by atoms with Crippen LogP contribution in [0.4, 0.5) is 0 Å². The summed E-state index contributed by atoms with van der Waals surface area (Å²) in [6.45, 7) is 2.02. The Balaban J connectivity index is 1.41. The number of rotatable bonds is 3. The van der Waals surface area contributed by atoms with Crippen LogP contribution in [-0.2, 0) is 0 Å². The molecule has 3 atom stereocenters. The molecule has 0 unspecified atom stereocenters. The molecule has 0 N–H and O–H groups in total. The Labute approximate surface area is 176 Å².